The van der Waals surface area contributed by atoms with E-state index < -0.39 is 17.4 Å². The molecule has 3 heterocycles. The van der Waals surface area contributed by atoms with E-state index in [-0.39, 0.29) is 17.3 Å². The zero-order chi connectivity index (χ0) is 26.2. The summed E-state index contributed by atoms with van der Waals surface area (Å²) < 4.78 is 6.64. The maximum Gasteiger partial charge on any atom is 0.330 e. The van der Waals surface area contributed by atoms with E-state index in [1.165, 1.54) is 64.9 Å². The fourth-order valence-electron chi connectivity index (χ4n) is 7.04. The highest BCUT2D eigenvalue weighted by Crippen LogP contribution is 2.44. The predicted molar refractivity (Wildman–Crippen MR) is 143 cm³/mol. The molecular weight excluding hydrogens is 468 g/mol. The molecule has 1 aromatic carbocycles. The van der Waals surface area contributed by atoms with Crippen LogP contribution >= 0.6 is 0 Å². The molecule has 1 N–H and O–H groups in total. The number of para-hydroxylation sites is 2. The van der Waals surface area contributed by atoms with Crippen LogP contribution in [-0.2, 0) is 9.53 Å². The van der Waals surface area contributed by atoms with Crippen LogP contribution in [0.2, 0.25) is 0 Å². The van der Waals surface area contributed by atoms with Gasteiger partial charge in [-0.25, -0.2) is 9.78 Å². The van der Waals surface area contributed by atoms with Crippen LogP contribution in [0.4, 0.5) is 0 Å². The predicted octanol–water partition coefficient (Wildman–Crippen LogP) is 4.36. The number of methoxy groups -OCH3 is 1. The van der Waals surface area contributed by atoms with Crippen molar-refractivity contribution in [2.24, 2.45) is 0 Å². The van der Waals surface area contributed by atoms with E-state index in [1.807, 2.05) is 28.8 Å². The van der Waals surface area contributed by atoms with Gasteiger partial charge in [0.15, 0.2) is 5.69 Å². The Bertz CT molecular complexity index is 1200. The van der Waals surface area contributed by atoms with Gasteiger partial charge in [0.05, 0.1) is 18.1 Å². The van der Waals surface area contributed by atoms with Gasteiger partial charge in [-0.1, -0.05) is 44.2 Å². The third-order valence-corrected chi connectivity index (χ3v) is 8.76. The van der Waals surface area contributed by atoms with Gasteiger partial charge in [-0.15, -0.1) is 0 Å². The van der Waals surface area contributed by atoms with Gasteiger partial charge in [0.1, 0.15) is 5.54 Å². The summed E-state index contributed by atoms with van der Waals surface area (Å²) in [5.74, 6) is -1.24. The molecule has 1 unspecified atom stereocenters. The minimum Gasteiger partial charge on any atom is -0.467 e. The monoisotopic (exact) mass is 508 g/mol. The van der Waals surface area contributed by atoms with Gasteiger partial charge >= 0.3 is 5.97 Å². The molecule has 37 heavy (non-hydrogen) atoms. The topological polar surface area (TPSA) is 93.5 Å². The van der Waals surface area contributed by atoms with E-state index in [1.54, 1.807) is 13.8 Å². The van der Waals surface area contributed by atoms with Crippen LogP contribution in [0, 0.1) is 0 Å². The van der Waals surface area contributed by atoms with Crippen LogP contribution < -0.4 is 10.9 Å². The van der Waals surface area contributed by atoms with Gasteiger partial charge in [-0.3, -0.25) is 14.5 Å². The standard InChI is InChI=1S/C29H40N4O4/c1-29(2,28(36)37-3)31-26(34)25-27(35)33(24-14-10-9-13-23(24)30-25)22-17-20-15-16-21(18-22)32(20)19-11-7-5-4-6-8-12-19/h9-10,13-14,19-22H,4-8,11-12,15-18H2,1-3H3,(H,31,34)/t20-,21+,22?. The molecule has 8 heteroatoms. The van der Waals surface area contributed by atoms with Crippen LogP contribution in [0.25, 0.3) is 11.0 Å². The fraction of sp³-hybridized carbons (Fsp3) is 0.655. The lowest BCUT2D eigenvalue weighted by Crippen LogP contribution is -2.52. The van der Waals surface area contributed by atoms with Crippen LogP contribution in [0.1, 0.15) is 101 Å². The maximum atomic E-state index is 13.9. The van der Waals surface area contributed by atoms with E-state index in [0.29, 0.717) is 23.6 Å². The van der Waals surface area contributed by atoms with Crippen molar-refractivity contribution in [2.75, 3.05) is 7.11 Å². The first-order valence-corrected chi connectivity index (χ1v) is 14.0. The molecule has 1 saturated carbocycles. The second kappa shape index (κ2) is 10.6. The Morgan fingerprint density at radius 3 is 2.19 bits per heavy atom. The van der Waals surface area contributed by atoms with E-state index >= 15 is 0 Å². The normalized spacial score (nSPS) is 25.4. The summed E-state index contributed by atoms with van der Waals surface area (Å²) in [7, 11) is 1.27. The third kappa shape index (κ3) is 5.05. The Hall–Kier alpha value is -2.74. The smallest absolute Gasteiger partial charge is 0.330 e. The summed E-state index contributed by atoms with van der Waals surface area (Å²) in [6.07, 6.45) is 13.4. The largest absolute Gasteiger partial charge is 0.467 e. The molecule has 200 valence electrons. The summed E-state index contributed by atoms with van der Waals surface area (Å²) >= 11 is 0. The average molecular weight is 509 g/mol. The fourth-order valence-corrected chi connectivity index (χ4v) is 7.04. The molecule has 0 radical (unpaired) electrons. The summed E-state index contributed by atoms with van der Waals surface area (Å²) in [4.78, 5) is 46.5. The number of rotatable bonds is 5. The highest BCUT2D eigenvalue weighted by molar-refractivity contribution is 5.97. The number of benzene rings is 1. The van der Waals surface area contributed by atoms with Crippen molar-refractivity contribution in [3.05, 3.63) is 40.3 Å². The number of fused-ring (bicyclic) bond motifs is 3. The zero-order valence-corrected chi connectivity index (χ0v) is 22.4. The van der Waals surface area contributed by atoms with E-state index in [0.717, 1.165) is 18.4 Å². The first kappa shape index (κ1) is 25.9. The number of amides is 1. The Morgan fingerprint density at radius 2 is 1.54 bits per heavy atom. The Balaban J connectivity index is 1.46. The van der Waals surface area contributed by atoms with Gasteiger partial charge in [0, 0.05) is 24.2 Å². The van der Waals surface area contributed by atoms with Crippen molar-refractivity contribution in [1.82, 2.24) is 19.8 Å². The van der Waals surface area contributed by atoms with Crippen LogP contribution in [0.5, 0.6) is 0 Å². The lowest BCUT2D eigenvalue weighted by Gasteiger charge is -2.45. The van der Waals surface area contributed by atoms with Gasteiger partial charge in [-0.05, 0) is 64.5 Å². The minimum atomic E-state index is -1.28. The lowest BCUT2D eigenvalue weighted by molar-refractivity contribution is -0.146. The molecule has 2 aliphatic heterocycles. The number of piperidine rings is 1. The number of hydrogen-bond donors (Lipinski definition) is 1. The van der Waals surface area contributed by atoms with Crippen LogP contribution in [0.3, 0.4) is 0 Å². The molecule has 2 aromatic rings. The Kier molecular flexibility index (Phi) is 7.39. The van der Waals surface area contributed by atoms with Crippen molar-refractivity contribution < 1.29 is 14.3 Å². The first-order valence-electron chi connectivity index (χ1n) is 14.0. The van der Waals surface area contributed by atoms with Crippen LogP contribution in [-0.4, -0.2) is 57.1 Å². The van der Waals surface area contributed by atoms with E-state index in [9.17, 15) is 14.4 Å². The Morgan fingerprint density at radius 1 is 0.919 bits per heavy atom. The van der Waals surface area contributed by atoms with Crippen molar-refractivity contribution >= 4 is 22.9 Å². The van der Waals surface area contributed by atoms with Crippen molar-refractivity contribution in [2.45, 2.75) is 114 Å². The molecule has 8 nitrogen and oxygen atoms in total. The van der Waals surface area contributed by atoms with E-state index in [4.69, 9.17) is 4.74 Å². The quantitative estimate of drug-likeness (QED) is 0.604. The second-order valence-corrected chi connectivity index (χ2v) is 11.7. The summed E-state index contributed by atoms with van der Waals surface area (Å²) in [5, 5.41) is 2.65. The highest BCUT2D eigenvalue weighted by atomic mass is 16.5. The molecule has 2 bridgehead atoms. The number of aromatic nitrogens is 2. The number of hydrogen-bond acceptors (Lipinski definition) is 6. The number of esters is 1. The molecule has 3 atom stereocenters. The maximum absolute atomic E-state index is 13.9. The molecular formula is C29H40N4O4. The molecule has 3 fully saturated rings. The zero-order valence-electron chi connectivity index (χ0n) is 22.4. The average Bonchev–Trinajstić information content (AvgIpc) is 3.11. The van der Waals surface area contributed by atoms with Gasteiger partial charge in [0.25, 0.3) is 11.5 Å². The molecule has 1 aromatic heterocycles. The molecule has 1 amide bonds. The Labute approximate surface area is 218 Å². The number of carbonyl (C=O) groups excluding carboxylic acids is 2. The highest BCUT2D eigenvalue weighted by Gasteiger charge is 2.45. The van der Waals surface area contributed by atoms with Crippen molar-refractivity contribution in [1.29, 1.82) is 0 Å². The summed E-state index contributed by atoms with van der Waals surface area (Å²) in [6.45, 7) is 3.11. The van der Waals surface area contributed by atoms with Gasteiger partial charge in [0.2, 0.25) is 0 Å². The number of nitrogens with zero attached hydrogens (tertiary/aromatic N) is 3. The van der Waals surface area contributed by atoms with Crippen molar-refractivity contribution in [3.8, 4) is 0 Å². The second-order valence-electron chi connectivity index (χ2n) is 11.7. The third-order valence-electron chi connectivity index (χ3n) is 8.76. The van der Waals surface area contributed by atoms with Crippen LogP contribution in [0.15, 0.2) is 29.1 Å². The molecule has 5 rings (SSSR count). The van der Waals surface area contributed by atoms with Gasteiger partial charge < -0.3 is 14.6 Å². The van der Waals surface area contributed by atoms with E-state index in [2.05, 4.69) is 15.2 Å². The van der Waals surface area contributed by atoms with Gasteiger partial charge in [-0.2, -0.15) is 0 Å². The molecule has 1 aliphatic carbocycles. The first-order chi connectivity index (χ1) is 17.8. The SMILES string of the molecule is COC(=O)C(C)(C)NC(=O)c1nc2ccccc2n(C2C[C@H]3CC[C@@H](C2)N3C2CCCCCCC2)c1=O. The lowest BCUT2D eigenvalue weighted by atomic mass is 9.89. The molecule has 0 spiro atoms. The number of carbonyl (C=O) groups is 2. The molecule has 2 saturated heterocycles. The summed E-state index contributed by atoms with van der Waals surface area (Å²) in [5.41, 5.74) is -0.470. The molecule has 3 aliphatic rings. The van der Waals surface area contributed by atoms with Crippen molar-refractivity contribution in [3.63, 3.8) is 0 Å². The number of ether oxygens (including phenoxy) is 1. The minimum absolute atomic E-state index is 0.0165. The summed E-state index contributed by atoms with van der Waals surface area (Å²) in [6, 6.07) is 9.17. The number of nitrogens with one attached hydrogen (secondary N) is 1.